The minimum atomic E-state index is 0.158. The first kappa shape index (κ1) is 11.8. The van der Waals surface area contributed by atoms with Crippen LogP contribution >= 0.6 is 11.5 Å². The third kappa shape index (κ3) is 2.90. The topological polar surface area (TPSA) is 61.3 Å². The number of anilines is 1. The Morgan fingerprint density at radius 3 is 3.06 bits per heavy atom. The average Bonchev–Trinajstić information content (AvgIpc) is 2.88. The average molecular weight is 242 g/mol. The molecule has 1 aromatic rings. The molecule has 1 saturated heterocycles. The van der Waals surface area contributed by atoms with Gasteiger partial charge in [0.15, 0.2) is 0 Å². The summed E-state index contributed by atoms with van der Waals surface area (Å²) in [5.41, 5.74) is 0. The number of hydrogen-bond donors (Lipinski definition) is 2. The van der Waals surface area contributed by atoms with Gasteiger partial charge < -0.3 is 15.3 Å². The van der Waals surface area contributed by atoms with E-state index >= 15 is 0 Å². The van der Waals surface area contributed by atoms with Gasteiger partial charge in [-0.1, -0.05) is 0 Å². The van der Waals surface area contributed by atoms with Gasteiger partial charge in [0.1, 0.15) is 5.82 Å². The zero-order valence-corrected chi connectivity index (χ0v) is 10.3. The van der Waals surface area contributed by atoms with Crippen molar-refractivity contribution >= 4 is 16.7 Å². The zero-order valence-electron chi connectivity index (χ0n) is 9.52. The molecule has 2 N–H and O–H groups in total. The fourth-order valence-electron chi connectivity index (χ4n) is 1.98. The smallest absolute Gasteiger partial charge is 0.205 e. The van der Waals surface area contributed by atoms with E-state index in [0.717, 1.165) is 24.0 Å². The molecule has 2 rings (SSSR count). The molecule has 0 aromatic carbocycles. The standard InChI is InChI=1S/C10H18N4OS/c1-8-12-10(16-13-8)14(5-6-15)7-9-3-2-4-11-9/h9,11,15H,2-7H2,1H3. The van der Waals surface area contributed by atoms with Crippen molar-refractivity contribution in [3.8, 4) is 0 Å². The van der Waals surface area contributed by atoms with E-state index in [1.165, 1.54) is 24.4 Å². The van der Waals surface area contributed by atoms with Gasteiger partial charge in [-0.25, -0.2) is 4.98 Å². The molecule has 0 saturated carbocycles. The Hall–Kier alpha value is -0.720. The molecule has 90 valence electrons. The maximum atomic E-state index is 9.07. The molecule has 0 spiro atoms. The van der Waals surface area contributed by atoms with Gasteiger partial charge in [0.25, 0.3) is 0 Å². The van der Waals surface area contributed by atoms with Crippen LogP contribution in [-0.2, 0) is 0 Å². The van der Waals surface area contributed by atoms with Crippen molar-refractivity contribution in [3.63, 3.8) is 0 Å². The molecule has 0 amide bonds. The number of rotatable bonds is 5. The lowest BCUT2D eigenvalue weighted by Crippen LogP contribution is -2.39. The Labute approximate surface area is 99.7 Å². The van der Waals surface area contributed by atoms with Crippen LogP contribution in [0.2, 0.25) is 0 Å². The lowest BCUT2D eigenvalue weighted by molar-refractivity contribution is 0.300. The van der Waals surface area contributed by atoms with Crippen molar-refractivity contribution in [2.24, 2.45) is 0 Å². The molecule has 1 unspecified atom stereocenters. The maximum Gasteiger partial charge on any atom is 0.205 e. The molecule has 1 fully saturated rings. The molecule has 1 aliphatic rings. The van der Waals surface area contributed by atoms with Crippen LogP contribution in [0.4, 0.5) is 5.13 Å². The number of nitrogens with one attached hydrogen (secondary N) is 1. The molecule has 0 radical (unpaired) electrons. The van der Waals surface area contributed by atoms with Crippen LogP contribution in [0.25, 0.3) is 0 Å². The summed E-state index contributed by atoms with van der Waals surface area (Å²) in [5.74, 6) is 0.808. The number of aromatic nitrogens is 2. The maximum absolute atomic E-state index is 9.07. The van der Waals surface area contributed by atoms with Crippen LogP contribution < -0.4 is 10.2 Å². The number of nitrogens with zero attached hydrogens (tertiary/aromatic N) is 3. The van der Waals surface area contributed by atoms with Crippen LogP contribution in [-0.4, -0.2) is 46.7 Å². The number of aliphatic hydroxyl groups is 1. The minimum Gasteiger partial charge on any atom is -0.395 e. The molecule has 1 atom stereocenters. The van der Waals surface area contributed by atoms with E-state index in [9.17, 15) is 0 Å². The van der Waals surface area contributed by atoms with Crippen molar-refractivity contribution in [2.45, 2.75) is 25.8 Å². The van der Waals surface area contributed by atoms with Gasteiger partial charge >= 0.3 is 0 Å². The Morgan fingerprint density at radius 2 is 2.50 bits per heavy atom. The van der Waals surface area contributed by atoms with E-state index < -0.39 is 0 Å². The van der Waals surface area contributed by atoms with Crippen molar-refractivity contribution in [3.05, 3.63) is 5.82 Å². The molecule has 0 aliphatic carbocycles. The van der Waals surface area contributed by atoms with Gasteiger partial charge in [-0.05, 0) is 26.3 Å². The monoisotopic (exact) mass is 242 g/mol. The molecule has 1 aromatic heterocycles. The summed E-state index contributed by atoms with van der Waals surface area (Å²) in [7, 11) is 0. The van der Waals surface area contributed by atoms with Crippen LogP contribution in [0.1, 0.15) is 18.7 Å². The highest BCUT2D eigenvalue weighted by Crippen LogP contribution is 2.18. The Balaban J connectivity index is 1.98. The Morgan fingerprint density at radius 1 is 1.62 bits per heavy atom. The third-order valence-electron chi connectivity index (χ3n) is 2.76. The summed E-state index contributed by atoms with van der Waals surface area (Å²) in [6.07, 6.45) is 2.45. The first-order chi connectivity index (χ1) is 7.79. The number of aryl methyl sites for hydroxylation is 1. The summed E-state index contributed by atoms with van der Waals surface area (Å²) in [6.45, 7) is 4.70. The number of hydrogen-bond acceptors (Lipinski definition) is 6. The van der Waals surface area contributed by atoms with Crippen molar-refractivity contribution in [1.29, 1.82) is 0 Å². The van der Waals surface area contributed by atoms with Gasteiger partial charge in [0.2, 0.25) is 5.13 Å². The second-order valence-electron chi connectivity index (χ2n) is 4.09. The third-order valence-corrected chi connectivity index (χ3v) is 3.63. The normalized spacial score (nSPS) is 20.2. The molecule has 5 nitrogen and oxygen atoms in total. The summed E-state index contributed by atoms with van der Waals surface area (Å²) < 4.78 is 4.18. The van der Waals surface area contributed by atoms with Gasteiger partial charge in [0, 0.05) is 30.7 Å². The highest BCUT2D eigenvalue weighted by atomic mass is 32.1. The van der Waals surface area contributed by atoms with Crippen LogP contribution in [0, 0.1) is 6.92 Å². The number of aliphatic hydroxyl groups excluding tert-OH is 1. The predicted molar refractivity (Wildman–Crippen MR) is 65.0 cm³/mol. The fraction of sp³-hybridized carbons (Fsp3) is 0.800. The largest absolute Gasteiger partial charge is 0.395 e. The molecule has 1 aliphatic heterocycles. The SMILES string of the molecule is Cc1nsc(N(CCO)CC2CCCN2)n1. The summed E-state index contributed by atoms with van der Waals surface area (Å²) in [4.78, 5) is 6.48. The summed E-state index contributed by atoms with van der Waals surface area (Å²) in [6, 6.07) is 0.524. The van der Waals surface area contributed by atoms with E-state index in [1.54, 1.807) is 0 Å². The molecule has 0 bridgehead atoms. The second-order valence-corrected chi connectivity index (χ2v) is 4.82. The molecular formula is C10H18N4OS. The van der Waals surface area contributed by atoms with E-state index in [0.29, 0.717) is 12.6 Å². The van der Waals surface area contributed by atoms with Gasteiger partial charge in [-0.15, -0.1) is 0 Å². The van der Waals surface area contributed by atoms with Crippen molar-refractivity contribution in [1.82, 2.24) is 14.7 Å². The molecule has 2 heterocycles. The zero-order chi connectivity index (χ0) is 11.4. The van der Waals surface area contributed by atoms with E-state index in [1.807, 2.05) is 6.92 Å². The summed E-state index contributed by atoms with van der Waals surface area (Å²) >= 11 is 1.41. The highest BCUT2D eigenvalue weighted by Gasteiger charge is 2.19. The fourth-order valence-corrected chi connectivity index (χ4v) is 2.69. The van der Waals surface area contributed by atoms with Gasteiger partial charge in [-0.2, -0.15) is 4.37 Å². The van der Waals surface area contributed by atoms with E-state index in [4.69, 9.17) is 5.11 Å². The van der Waals surface area contributed by atoms with Crippen LogP contribution in [0.15, 0.2) is 0 Å². The Kier molecular flexibility index (Phi) is 4.09. The lowest BCUT2D eigenvalue weighted by atomic mass is 10.2. The highest BCUT2D eigenvalue weighted by molar-refractivity contribution is 7.09. The van der Waals surface area contributed by atoms with Crippen molar-refractivity contribution in [2.75, 3.05) is 31.1 Å². The van der Waals surface area contributed by atoms with Gasteiger partial charge in [0.05, 0.1) is 6.61 Å². The van der Waals surface area contributed by atoms with Crippen LogP contribution in [0.5, 0.6) is 0 Å². The minimum absolute atomic E-state index is 0.158. The molecule has 16 heavy (non-hydrogen) atoms. The van der Waals surface area contributed by atoms with E-state index in [2.05, 4.69) is 19.6 Å². The predicted octanol–water partition coefficient (Wildman–Crippen LogP) is 0.397. The molecular weight excluding hydrogens is 224 g/mol. The van der Waals surface area contributed by atoms with Crippen LogP contribution in [0.3, 0.4) is 0 Å². The van der Waals surface area contributed by atoms with Crippen molar-refractivity contribution < 1.29 is 5.11 Å². The second kappa shape index (κ2) is 5.56. The van der Waals surface area contributed by atoms with Gasteiger partial charge in [-0.3, -0.25) is 0 Å². The quantitative estimate of drug-likeness (QED) is 0.782. The lowest BCUT2D eigenvalue weighted by Gasteiger charge is -2.23. The van der Waals surface area contributed by atoms with E-state index in [-0.39, 0.29) is 6.61 Å². The first-order valence-corrected chi connectivity index (χ1v) is 6.46. The molecule has 6 heteroatoms. The Bertz CT molecular complexity index is 324. The first-order valence-electron chi connectivity index (χ1n) is 5.69. The summed E-state index contributed by atoms with van der Waals surface area (Å²) in [5, 5.41) is 13.4.